The Labute approximate surface area is 174 Å². The molecule has 26 heavy (non-hydrogen) atoms. The van der Waals surface area contributed by atoms with Gasteiger partial charge < -0.3 is 15.5 Å². The van der Waals surface area contributed by atoms with Crippen molar-refractivity contribution in [2.45, 2.75) is 37.6 Å². The molecule has 6 nitrogen and oxygen atoms in total. The highest BCUT2D eigenvalue weighted by Gasteiger charge is 2.09. The summed E-state index contributed by atoms with van der Waals surface area (Å²) in [4.78, 5) is 7.41. The summed E-state index contributed by atoms with van der Waals surface area (Å²) >= 11 is 0. The molecular weight excluding hydrogens is 463 g/mol. The maximum absolute atomic E-state index is 11.5. The van der Waals surface area contributed by atoms with E-state index < -0.39 is 9.84 Å². The van der Waals surface area contributed by atoms with Gasteiger partial charge in [-0.25, -0.2) is 13.4 Å². The number of nitrogens with one attached hydrogen (secondary N) is 2. The maximum atomic E-state index is 11.5. The molecule has 1 aromatic rings. The first kappa shape index (κ1) is 23.2. The monoisotopic (exact) mass is 494 g/mol. The number of guanidine groups is 1. The predicted octanol–water partition coefficient (Wildman–Crippen LogP) is 2.25. The number of likely N-dealkylation sites (tertiary alicyclic amines) is 1. The number of sulfone groups is 1. The Kier molecular flexibility index (Phi) is 10.5. The first-order valence-corrected chi connectivity index (χ1v) is 10.9. The summed E-state index contributed by atoms with van der Waals surface area (Å²) in [7, 11) is -3.15. The van der Waals surface area contributed by atoms with Gasteiger partial charge in [0.2, 0.25) is 0 Å². The number of nitrogens with zero attached hydrogens (tertiary/aromatic N) is 2. The molecule has 1 aliphatic heterocycles. The van der Waals surface area contributed by atoms with Crippen LogP contribution >= 0.6 is 24.0 Å². The molecule has 0 spiro atoms. The summed E-state index contributed by atoms with van der Waals surface area (Å²) < 4.78 is 23.0. The molecule has 1 heterocycles. The molecule has 1 aliphatic rings. The van der Waals surface area contributed by atoms with Crippen molar-refractivity contribution >= 4 is 39.8 Å². The second-order valence-corrected chi connectivity index (χ2v) is 8.46. The summed E-state index contributed by atoms with van der Waals surface area (Å²) in [5.74, 6) is 0.798. The SMILES string of the molecule is CCNC(=NCc1ccc(S(C)(=O)=O)cc1)NCCN1CCCCC1.I. The zero-order valence-electron chi connectivity index (χ0n) is 15.7. The lowest BCUT2D eigenvalue weighted by molar-refractivity contribution is 0.232. The Balaban J connectivity index is 0.00000338. The van der Waals surface area contributed by atoms with Gasteiger partial charge in [0.05, 0.1) is 11.4 Å². The highest BCUT2D eigenvalue weighted by molar-refractivity contribution is 14.0. The first-order valence-electron chi connectivity index (χ1n) is 9.02. The van der Waals surface area contributed by atoms with Gasteiger partial charge in [-0.1, -0.05) is 18.6 Å². The van der Waals surface area contributed by atoms with E-state index in [2.05, 4.69) is 20.5 Å². The van der Waals surface area contributed by atoms with E-state index in [-0.39, 0.29) is 24.0 Å². The molecule has 1 saturated heterocycles. The number of piperidine rings is 1. The van der Waals surface area contributed by atoms with E-state index in [1.165, 1.54) is 38.6 Å². The van der Waals surface area contributed by atoms with Crippen LogP contribution in [0.3, 0.4) is 0 Å². The highest BCUT2D eigenvalue weighted by Crippen LogP contribution is 2.11. The van der Waals surface area contributed by atoms with E-state index in [1.54, 1.807) is 12.1 Å². The van der Waals surface area contributed by atoms with Crippen LogP contribution in [0.15, 0.2) is 34.2 Å². The van der Waals surface area contributed by atoms with Gasteiger partial charge in [-0.2, -0.15) is 0 Å². The molecule has 0 atom stereocenters. The minimum absolute atomic E-state index is 0. The molecule has 2 N–H and O–H groups in total. The lowest BCUT2D eigenvalue weighted by Crippen LogP contribution is -2.42. The smallest absolute Gasteiger partial charge is 0.191 e. The fourth-order valence-corrected chi connectivity index (χ4v) is 3.50. The Bertz CT molecular complexity index is 656. The highest BCUT2D eigenvalue weighted by atomic mass is 127. The maximum Gasteiger partial charge on any atom is 0.191 e. The largest absolute Gasteiger partial charge is 0.357 e. The molecule has 0 radical (unpaired) electrons. The summed E-state index contributed by atoms with van der Waals surface area (Å²) in [6.07, 6.45) is 5.18. The van der Waals surface area contributed by atoms with Gasteiger partial charge in [-0.15, -0.1) is 24.0 Å². The van der Waals surface area contributed by atoms with Crippen molar-refractivity contribution in [3.8, 4) is 0 Å². The van der Waals surface area contributed by atoms with Gasteiger partial charge in [0.15, 0.2) is 15.8 Å². The molecule has 0 unspecified atom stereocenters. The van der Waals surface area contributed by atoms with Crippen LogP contribution < -0.4 is 10.6 Å². The summed E-state index contributed by atoms with van der Waals surface area (Å²) in [6.45, 7) is 7.67. The van der Waals surface area contributed by atoms with E-state index in [4.69, 9.17) is 0 Å². The van der Waals surface area contributed by atoms with Crippen LogP contribution in [-0.4, -0.2) is 58.3 Å². The molecule has 2 rings (SSSR count). The van der Waals surface area contributed by atoms with Gasteiger partial charge in [0.1, 0.15) is 0 Å². The molecule has 0 amide bonds. The van der Waals surface area contributed by atoms with E-state index in [9.17, 15) is 8.42 Å². The topological polar surface area (TPSA) is 73.8 Å². The van der Waals surface area contributed by atoms with Crippen molar-refractivity contribution in [1.29, 1.82) is 0 Å². The summed E-state index contributed by atoms with van der Waals surface area (Å²) in [6, 6.07) is 6.90. The predicted molar refractivity (Wildman–Crippen MR) is 118 cm³/mol. The number of benzene rings is 1. The first-order chi connectivity index (χ1) is 12.0. The molecule has 0 aromatic heterocycles. The van der Waals surface area contributed by atoms with Crippen LogP contribution in [0.2, 0.25) is 0 Å². The second-order valence-electron chi connectivity index (χ2n) is 6.44. The Morgan fingerprint density at radius 3 is 2.35 bits per heavy atom. The van der Waals surface area contributed by atoms with E-state index in [0.717, 1.165) is 31.2 Å². The Hall–Kier alpha value is -0.870. The second kappa shape index (κ2) is 11.8. The van der Waals surface area contributed by atoms with Gasteiger partial charge in [0, 0.05) is 25.9 Å². The Morgan fingerprint density at radius 1 is 1.12 bits per heavy atom. The third kappa shape index (κ3) is 8.22. The lowest BCUT2D eigenvalue weighted by atomic mass is 10.1. The average molecular weight is 494 g/mol. The third-order valence-corrected chi connectivity index (χ3v) is 5.41. The van der Waals surface area contributed by atoms with E-state index in [0.29, 0.717) is 11.4 Å². The number of halogens is 1. The molecule has 0 aliphatic carbocycles. The standard InChI is InChI=1S/C18H30N4O2S.HI/c1-3-19-18(20-11-14-22-12-5-4-6-13-22)21-15-16-7-9-17(10-8-16)25(2,23)24;/h7-10H,3-6,11-15H2,1-2H3,(H2,19,20,21);1H. The van der Waals surface area contributed by atoms with Crippen LogP contribution in [-0.2, 0) is 16.4 Å². The normalized spacial score (nSPS) is 16.0. The zero-order chi connectivity index (χ0) is 18.1. The van der Waals surface area contributed by atoms with Crippen molar-refractivity contribution < 1.29 is 8.42 Å². The van der Waals surface area contributed by atoms with Crippen molar-refractivity contribution in [2.24, 2.45) is 4.99 Å². The van der Waals surface area contributed by atoms with Gasteiger partial charge in [0.25, 0.3) is 0 Å². The minimum Gasteiger partial charge on any atom is -0.357 e. The molecular formula is C18H31IN4O2S. The molecule has 0 saturated carbocycles. The van der Waals surface area contributed by atoms with Crippen molar-refractivity contribution in [2.75, 3.05) is 39.0 Å². The summed E-state index contributed by atoms with van der Waals surface area (Å²) in [5.41, 5.74) is 0.987. The third-order valence-electron chi connectivity index (χ3n) is 4.28. The average Bonchev–Trinajstić information content (AvgIpc) is 2.60. The number of aliphatic imine (C=N–C) groups is 1. The van der Waals surface area contributed by atoms with E-state index >= 15 is 0 Å². The molecule has 0 bridgehead atoms. The number of rotatable bonds is 7. The van der Waals surface area contributed by atoms with Gasteiger partial charge >= 0.3 is 0 Å². The molecule has 148 valence electrons. The van der Waals surface area contributed by atoms with Crippen LogP contribution in [0.25, 0.3) is 0 Å². The zero-order valence-corrected chi connectivity index (χ0v) is 18.8. The van der Waals surface area contributed by atoms with Crippen molar-refractivity contribution in [3.05, 3.63) is 29.8 Å². The van der Waals surface area contributed by atoms with Crippen LogP contribution in [0.4, 0.5) is 0 Å². The number of hydrogen-bond acceptors (Lipinski definition) is 4. The van der Waals surface area contributed by atoms with Gasteiger partial charge in [-0.05, 0) is 50.6 Å². The van der Waals surface area contributed by atoms with Crippen molar-refractivity contribution in [1.82, 2.24) is 15.5 Å². The van der Waals surface area contributed by atoms with Crippen LogP contribution in [0.1, 0.15) is 31.7 Å². The minimum atomic E-state index is -3.15. The number of hydrogen-bond donors (Lipinski definition) is 2. The Morgan fingerprint density at radius 2 is 1.77 bits per heavy atom. The van der Waals surface area contributed by atoms with E-state index in [1.807, 2.05) is 19.1 Å². The van der Waals surface area contributed by atoms with Gasteiger partial charge in [-0.3, -0.25) is 0 Å². The fraction of sp³-hybridized carbons (Fsp3) is 0.611. The quantitative estimate of drug-likeness (QED) is 0.346. The molecule has 1 aromatic carbocycles. The molecule has 1 fully saturated rings. The van der Waals surface area contributed by atoms with Crippen molar-refractivity contribution in [3.63, 3.8) is 0 Å². The fourth-order valence-electron chi connectivity index (χ4n) is 2.87. The molecule has 8 heteroatoms. The van der Waals surface area contributed by atoms with Crippen LogP contribution in [0, 0.1) is 0 Å². The van der Waals surface area contributed by atoms with Crippen LogP contribution in [0.5, 0.6) is 0 Å². The lowest BCUT2D eigenvalue weighted by Gasteiger charge is -2.26. The summed E-state index contributed by atoms with van der Waals surface area (Å²) in [5, 5.41) is 6.63.